The van der Waals surface area contributed by atoms with Crippen molar-refractivity contribution in [1.82, 2.24) is 29.7 Å². The molecule has 1 fully saturated rings. The van der Waals surface area contributed by atoms with E-state index in [1.807, 2.05) is 54.0 Å². The number of halogens is 1. The molecule has 1 aliphatic rings. The lowest BCUT2D eigenvalue weighted by atomic mass is 10.2. The molecule has 0 atom stereocenters. The van der Waals surface area contributed by atoms with Crippen molar-refractivity contribution in [2.75, 3.05) is 39.8 Å². The molecule has 2 aromatic heterocycles. The van der Waals surface area contributed by atoms with Gasteiger partial charge < -0.3 is 10.2 Å². The highest BCUT2D eigenvalue weighted by Crippen LogP contribution is 2.14. The van der Waals surface area contributed by atoms with E-state index < -0.39 is 0 Å². The number of aliphatic imine (C=N–C) groups is 1. The van der Waals surface area contributed by atoms with Gasteiger partial charge in [0.2, 0.25) is 0 Å². The second-order valence-electron chi connectivity index (χ2n) is 7.16. The fraction of sp³-hybridized carbons (Fsp3) is 0.381. The molecule has 4 rings (SSSR count). The van der Waals surface area contributed by atoms with E-state index in [9.17, 15) is 0 Å². The zero-order chi connectivity index (χ0) is 20.1. The average molecular weight is 412 g/mol. The minimum atomic E-state index is 0.769. The molecule has 1 N–H and O–H groups in total. The Hall–Kier alpha value is -2.64. The van der Waals surface area contributed by atoms with E-state index in [-0.39, 0.29) is 0 Å². The topological polar surface area (TPSA) is 61.1 Å². The lowest BCUT2D eigenvalue weighted by Crippen LogP contribution is -2.52. The molecule has 29 heavy (non-hydrogen) atoms. The normalized spacial score (nSPS) is 15.8. The van der Waals surface area contributed by atoms with Crippen LogP contribution in [-0.4, -0.2) is 70.1 Å². The Morgan fingerprint density at radius 1 is 1.10 bits per heavy atom. The summed E-state index contributed by atoms with van der Waals surface area (Å²) < 4.78 is 2.03. The molecular formula is C21H26ClN7. The lowest BCUT2D eigenvalue weighted by molar-refractivity contribution is 0.172. The molecule has 1 aromatic carbocycles. The second-order valence-corrected chi connectivity index (χ2v) is 7.60. The van der Waals surface area contributed by atoms with Crippen molar-refractivity contribution in [2.45, 2.75) is 13.0 Å². The van der Waals surface area contributed by atoms with Gasteiger partial charge in [0.1, 0.15) is 5.82 Å². The summed E-state index contributed by atoms with van der Waals surface area (Å²) in [5.41, 5.74) is 2.14. The molecule has 0 aliphatic carbocycles. The molecule has 0 amide bonds. The van der Waals surface area contributed by atoms with Gasteiger partial charge in [0.25, 0.3) is 0 Å². The summed E-state index contributed by atoms with van der Waals surface area (Å²) in [5.74, 6) is 1.90. The van der Waals surface area contributed by atoms with Crippen molar-refractivity contribution in [3.05, 3.63) is 65.1 Å². The van der Waals surface area contributed by atoms with E-state index in [1.54, 1.807) is 0 Å². The van der Waals surface area contributed by atoms with Crippen LogP contribution in [0.1, 0.15) is 11.4 Å². The molecule has 1 aliphatic heterocycles. The molecule has 3 aromatic rings. The summed E-state index contributed by atoms with van der Waals surface area (Å²) in [6, 6.07) is 14.0. The third-order valence-corrected chi connectivity index (χ3v) is 5.43. The first kappa shape index (κ1) is 19.7. The quantitative estimate of drug-likeness (QED) is 0.515. The van der Waals surface area contributed by atoms with Crippen LogP contribution >= 0.6 is 11.6 Å². The minimum Gasteiger partial charge on any atom is -0.356 e. The molecule has 0 saturated carbocycles. The van der Waals surface area contributed by atoms with E-state index >= 15 is 0 Å². The minimum absolute atomic E-state index is 0.769. The molecule has 0 bridgehead atoms. The van der Waals surface area contributed by atoms with E-state index in [2.05, 4.69) is 36.4 Å². The lowest BCUT2D eigenvalue weighted by Gasteiger charge is -2.36. The number of rotatable bonds is 5. The van der Waals surface area contributed by atoms with Crippen LogP contribution in [0.25, 0.3) is 5.65 Å². The standard InChI is InChI=1S/C21H26ClN7/c1-23-21(24-9-8-20-26-25-19-7-2-3-10-29(19)20)28-13-11-27(12-14-28)16-17-5-4-6-18(22)15-17/h2-7,10,15H,8-9,11-14,16H2,1H3,(H,23,24). The second kappa shape index (κ2) is 9.24. The van der Waals surface area contributed by atoms with Gasteiger partial charge in [-0.3, -0.25) is 14.3 Å². The first-order valence-electron chi connectivity index (χ1n) is 9.94. The predicted molar refractivity (Wildman–Crippen MR) is 116 cm³/mol. The summed E-state index contributed by atoms with van der Waals surface area (Å²) in [6.07, 6.45) is 2.79. The Bertz CT molecular complexity index is 976. The largest absolute Gasteiger partial charge is 0.356 e. The number of hydrogen-bond acceptors (Lipinski definition) is 4. The van der Waals surface area contributed by atoms with Crippen molar-refractivity contribution in [3.63, 3.8) is 0 Å². The van der Waals surface area contributed by atoms with Crippen molar-refractivity contribution in [2.24, 2.45) is 4.99 Å². The molecule has 7 nitrogen and oxygen atoms in total. The molecule has 152 valence electrons. The van der Waals surface area contributed by atoms with Gasteiger partial charge in [-0.2, -0.15) is 0 Å². The van der Waals surface area contributed by atoms with E-state index in [4.69, 9.17) is 11.6 Å². The number of hydrogen-bond donors (Lipinski definition) is 1. The first-order valence-corrected chi connectivity index (χ1v) is 10.3. The van der Waals surface area contributed by atoms with Crippen molar-refractivity contribution >= 4 is 23.2 Å². The van der Waals surface area contributed by atoms with Crippen LogP contribution in [-0.2, 0) is 13.0 Å². The van der Waals surface area contributed by atoms with Gasteiger partial charge in [0, 0.05) is 64.0 Å². The van der Waals surface area contributed by atoms with Gasteiger partial charge in [-0.1, -0.05) is 29.8 Å². The van der Waals surface area contributed by atoms with Crippen LogP contribution in [0, 0.1) is 0 Å². The van der Waals surface area contributed by atoms with E-state index in [0.717, 1.165) is 68.1 Å². The van der Waals surface area contributed by atoms with Crippen LogP contribution in [0.2, 0.25) is 5.02 Å². The third kappa shape index (κ3) is 4.86. The van der Waals surface area contributed by atoms with E-state index in [1.165, 1.54) is 5.56 Å². The first-order chi connectivity index (χ1) is 14.2. The fourth-order valence-corrected chi connectivity index (χ4v) is 3.90. The maximum absolute atomic E-state index is 6.10. The molecule has 1 saturated heterocycles. The number of nitrogens with one attached hydrogen (secondary N) is 1. The van der Waals surface area contributed by atoms with Gasteiger partial charge in [-0.15, -0.1) is 10.2 Å². The summed E-state index contributed by atoms with van der Waals surface area (Å²) >= 11 is 6.10. The maximum Gasteiger partial charge on any atom is 0.193 e. The number of nitrogens with zero attached hydrogens (tertiary/aromatic N) is 6. The molecular weight excluding hydrogens is 386 g/mol. The Balaban J connectivity index is 1.26. The maximum atomic E-state index is 6.10. The van der Waals surface area contributed by atoms with Crippen molar-refractivity contribution in [3.8, 4) is 0 Å². The highest BCUT2D eigenvalue weighted by molar-refractivity contribution is 6.30. The average Bonchev–Trinajstić information content (AvgIpc) is 3.15. The summed E-state index contributed by atoms with van der Waals surface area (Å²) in [7, 11) is 1.84. The predicted octanol–water partition coefficient (Wildman–Crippen LogP) is 2.32. The van der Waals surface area contributed by atoms with Crippen LogP contribution in [0.3, 0.4) is 0 Å². The number of piperazine rings is 1. The third-order valence-electron chi connectivity index (χ3n) is 5.19. The van der Waals surface area contributed by atoms with Crippen LogP contribution < -0.4 is 5.32 Å². The Morgan fingerprint density at radius 2 is 1.97 bits per heavy atom. The Labute approximate surface area is 176 Å². The van der Waals surface area contributed by atoms with Crippen LogP contribution in [0.4, 0.5) is 0 Å². The number of guanidine groups is 1. The molecule has 3 heterocycles. The van der Waals surface area contributed by atoms with Gasteiger partial charge in [0.15, 0.2) is 11.6 Å². The SMILES string of the molecule is CN=C(NCCc1nnc2ccccn12)N1CCN(Cc2cccc(Cl)c2)CC1. The molecule has 0 spiro atoms. The summed E-state index contributed by atoms with van der Waals surface area (Å²) in [6.45, 7) is 5.61. The highest BCUT2D eigenvalue weighted by Gasteiger charge is 2.19. The Kier molecular flexibility index (Phi) is 6.27. The highest BCUT2D eigenvalue weighted by atomic mass is 35.5. The van der Waals surface area contributed by atoms with Gasteiger partial charge in [0.05, 0.1) is 0 Å². The molecule has 0 unspecified atom stereocenters. The summed E-state index contributed by atoms with van der Waals surface area (Å²) in [4.78, 5) is 9.24. The number of pyridine rings is 1. The number of benzene rings is 1. The van der Waals surface area contributed by atoms with Gasteiger partial charge in [-0.05, 0) is 29.8 Å². The van der Waals surface area contributed by atoms with Gasteiger partial charge in [-0.25, -0.2) is 0 Å². The zero-order valence-electron chi connectivity index (χ0n) is 16.6. The van der Waals surface area contributed by atoms with Gasteiger partial charge >= 0.3 is 0 Å². The number of aromatic nitrogens is 3. The van der Waals surface area contributed by atoms with Crippen molar-refractivity contribution < 1.29 is 0 Å². The smallest absolute Gasteiger partial charge is 0.193 e. The van der Waals surface area contributed by atoms with E-state index in [0.29, 0.717) is 0 Å². The summed E-state index contributed by atoms with van der Waals surface area (Å²) in [5, 5.41) is 12.8. The molecule has 8 heteroatoms. The number of fused-ring (bicyclic) bond motifs is 1. The monoisotopic (exact) mass is 411 g/mol. The van der Waals surface area contributed by atoms with Crippen LogP contribution in [0.5, 0.6) is 0 Å². The fourth-order valence-electron chi connectivity index (χ4n) is 3.69. The Morgan fingerprint density at radius 3 is 2.76 bits per heavy atom. The molecule has 0 radical (unpaired) electrons. The van der Waals surface area contributed by atoms with Crippen LogP contribution in [0.15, 0.2) is 53.7 Å². The zero-order valence-corrected chi connectivity index (χ0v) is 17.4. The van der Waals surface area contributed by atoms with Crippen molar-refractivity contribution in [1.29, 1.82) is 0 Å².